The summed E-state index contributed by atoms with van der Waals surface area (Å²) in [5.41, 5.74) is 1.03. The quantitative estimate of drug-likeness (QED) is 0.654. The topological polar surface area (TPSA) is 66.8 Å². The first-order chi connectivity index (χ1) is 9.10. The number of benzene rings is 2. The van der Waals surface area contributed by atoms with E-state index in [1.54, 1.807) is 31.4 Å². The second-order valence-electron chi connectivity index (χ2n) is 4.15. The minimum Gasteiger partial charge on any atom is -0.508 e. The highest BCUT2D eigenvalue weighted by Crippen LogP contribution is 2.24. The van der Waals surface area contributed by atoms with Crippen LogP contribution in [-0.4, -0.2) is 23.1 Å². The van der Waals surface area contributed by atoms with Crippen molar-refractivity contribution in [2.75, 3.05) is 7.11 Å². The molecule has 2 aromatic carbocycles. The zero-order chi connectivity index (χ0) is 13.8. The molecule has 0 amide bonds. The van der Waals surface area contributed by atoms with Gasteiger partial charge in [0.05, 0.1) is 12.7 Å². The van der Waals surface area contributed by atoms with Crippen LogP contribution in [0.2, 0.25) is 0 Å². The van der Waals surface area contributed by atoms with Crippen LogP contribution in [0, 0.1) is 0 Å². The molecule has 0 bridgehead atoms. The van der Waals surface area contributed by atoms with Gasteiger partial charge in [0.1, 0.15) is 17.2 Å². The lowest BCUT2D eigenvalue weighted by Gasteiger charge is -2.05. The van der Waals surface area contributed by atoms with E-state index in [1.807, 2.05) is 0 Å². The molecule has 0 aliphatic rings. The molecular formula is C15H14O4. The van der Waals surface area contributed by atoms with Crippen molar-refractivity contribution in [2.45, 2.75) is 6.42 Å². The lowest BCUT2D eigenvalue weighted by atomic mass is 10.1. The van der Waals surface area contributed by atoms with Gasteiger partial charge in [0.25, 0.3) is 0 Å². The number of rotatable bonds is 4. The maximum atomic E-state index is 12.0. The van der Waals surface area contributed by atoms with Gasteiger partial charge in [-0.1, -0.05) is 12.1 Å². The minimum absolute atomic E-state index is 0.0708. The summed E-state index contributed by atoms with van der Waals surface area (Å²) in [4.78, 5) is 12.0. The monoisotopic (exact) mass is 259 g/mol. The van der Waals surface area contributed by atoms with Crippen molar-refractivity contribution in [3.8, 4) is 17.2 Å². The average Bonchev–Trinajstić information content (AvgIpc) is 2.39. The van der Waals surface area contributed by atoms with Crippen molar-refractivity contribution in [1.82, 2.24) is 0 Å². The number of carbonyl (C=O) groups is 1. The number of phenols is 2. The van der Waals surface area contributed by atoms with Crippen LogP contribution < -0.4 is 4.74 Å². The van der Waals surface area contributed by atoms with Gasteiger partial charge in [0, 0.05) is 12.5 Å². The highest BCUT2D eigenvalue weighted by molar-refractivity contribution is 6.00. The second kappa shape index (κ2) is 5.44. The van der Waals surface area contributed by atoms with E-state index in [0.29, 0.717) is 0 Å². The molecule has 0 aliphatic heterocycles. The molecule has 0 atom stereocenters. The minimum atomic E-state index is -0.210. The van der Waals surface area contributed by atoms with Gasteiger partial charge in [0.15, 0.2) is 5.78 Å². The van der Waals surface area contributed by atoms with Crippen molar-refractivity contribution in [2.24, 2.45) is 0 Å². The number of hydrogen-bond acceptors (Lipinski definition) is 4. The number of ether oxygens (including phenoxy) is 1. The molecule has 2 N–H and O–H groups in total. The molecular weight excluding hydrogens is 245 g/mol. The Morgan fingerprint density at radius 1 is 1.11 bits per heavy atom. The van der Waals surface area contributed by atoms with Crippen LogP contribution in [0.25, 0.3) is 0 Å². The molecule has 4 heteroatoms. The van der Waals surface area contributed by atoms with Crippen molar-refractivity contribution in [1.29, 1.82) is 0 Å². The Morgan fingerprint density at radius 3 is 2.37 bits per heavy atom. The van der Waals surface area contributed by atoms with Crippen molar-refractivity contribution in [3.63, 3.8) is 0 Å². The Hall–Kier alpha value is -2.49. The molecule has 2 aromatic rings. The second-order valence-corrected chi connectivity index (χ2v) is 4.15. The smallest absolute Gasteiger partial charge is 0.170 e. The zero-order valence-electron chi connectivity index (χ0n) is 10.5. The Kier molecular flexibility index (Phi) is 3.71. The van der Waals surface area contributed by atoms with E-state index >= 15 is 0 Å². The fourth-order valence-corrected chi connectivity index (χ4v) is 1.78. The van der Waals surface area contributed by atoms with E-state index < -0.39 is 0 Å². The number of methoxy groups -OCH3 is 1. The Bertz CT molecular complexity index is 588. The Labute approximate surface area is 110 Å². The summed E-state index contributed by atoms with van der Waals surface area (Å²) >= 11 is 0. The standard InChI is InChI=1S/C15H14O4/c1-19-12-5-2-10(3-6-12)8-14(17)13-7-4-11(16)9-15(13)18/h2-7,9,16,18H,8H2,1H3/i14+1. The van der Waals surface area contributed by atoms with E-state index in [-0.39, 0.29) is 29.3 Å². The van der Waals surface area contributed by atoms with Crippen LogP contribution in [-0.2, 0) is 6.42 Å². The molecule has 0 unspecified atom stereocenters. The van der Waals surface area contributed by atoms with Gasteiger partial charge in [-0.25, -0.2) is 0 Å². The number of hydrogen-bond donors (Lipinski definition) is 2. The van der Waals surface area contributed by atoms with Gasteiger partial charge in [0.2, 0.25) is 0 Å². The number of Topliss-reactive ketones (excluding diaryl/α,β-unsaturated/α-hetero) is 1. The third kappa shape index (κ3) is 3.04. The van der Waals surface area contributed by atoms with Crippen LogP contribution in [0.1, 0.15) is 15.9 Å². The van der Waals surface area contributed by atoms with Gasteiger partial charge in [-0.2, -0.15) is 0 Å². The summed E-state index contributed by atoms with van der Waals surface area (Å²) < 4.78 is 5.04. The van der Waals surface area contributed by atoms with E-state index in [0.717, 1.165) is 17.4 Å². The number of ketones is 1. The highest BCUT2D eigenvalue weighted by atomic mass is 16.5. The van der Waals surface area contributed by atoms with E-state index in [4.69, 9.17) is 4.74 Å². The molecule has 0 saturated heterocycles. The predicted octanol–water partition coefficient (Wildman–Crippen LogP) is 2.53. The predicted molar refractivity (Wildman–Crippen MR) is 70.8 cm³/mol. The molecule has 0 spiro atoms. The van der Waals surface area contributed by atoms with E-state index in [9.17, 15) is 15.0 Å². The molecule has 19 heavy (non-hydrogen) atoms. The largest absolute Gasteiger partial charge is 0.508 e. The molecule has 4 nitrogen and oxygen atoms in total. The summed E-state index contributed by atoms with van der Waals surface area (Å²) in [6.07, 6.45) is 0.183. The van der Waals surface area contributed by atoms with E-state index in [2.05, 4.69) is 0 Å². The summed E-state index contributed by atoms with van der Waals surface area (Å²) in [5, 5.41) is 18.8. The first kappa shape index (κ1) is 13.0. The number of carbonyl (C=O) groups excluding carboxylic acids is 1. The van der Waals surface area contributed by atoms with Crippen LogP contribution in [0.4, 0.5) is 0 Å². The summed E-state index contributed by atoms with van der Waals surface area (Å²) in [6, 6.07) is 11.1. The number of phenolic OH excluding ortho intramolecular Hbond substituents is 2. The fraction of sp³-hybridized carbons (Fsp3) is 0.133. The van der Waals surface area contributed by atoms with Gasteiger partial charge in [-0.15, -0.1) is 0 Å². The SMILES string of the molecule is COc1ccc(C[13C](=O)c2ccc(O)cc2O)cc1. The molecule has 0 aliphatic carbocycles. The summed E-state index contributed by atoms with van der Waals surface area (Å²) in [7, 11) is 1.58. The fourth-order valence-electron chi connectivity index (χ4n) is 1.78. The molecule has 0 saturated carbocycles. The lowest BCUT2D eigenvalue weighted by molar-refractivity contribution is 0.0990. The molecule has 0 aromatic heterocycles. The Morgan fingerprint density at radius 2 is 1.79 bits per heavy atom. The van der Waals surface area contributed by atoms with Crippen LogP contribution in [0.15, 0.2) is 42.5 Å². The molecule has 0 heterocycles. The molecule has 98 valence electrons. The first-order valence-corrected chi connectivity index (χ1v) is 5.78. The maximum Gasteiger partial charge on any atom is 0.170 e. The third-order valence-electron chi connectivity index (χ3n) is 2.81. The summed E-state index contributed by atoms with van der Waals surface area (Å²) in [5.74, 6) is 0.239. The van der Waals surface area contributed by atoms with Crippen molar-refractivity contribution < 1.29 is 19.7 Å². The van der Waals surface area contributed by atoms with Gasteiger partial charge in [-0.05, 0) is 29.8 Å². The Balaban J connectivity index is 2.15. The molecule has 0 fully saturated rings. The van der Waals surface area contributed by atoms with Crippen molar-refractivity contribution >= 4 is 5.78 Å². The first-order valence-electron chi connectivity index (χ1n) is 5.78. The van der Waals surface area contributed by atoms with Gasteiger partial charge < -0.3 is 14.9 Å². The zero-order valence-corrected chi connectivity index (χ0v) is 10.5. The molecule has 2 rings (SSSR count). The van der Waals surface area contributed by atoms with Gasteiger partial charge in [-0.3, -0.25) is 4.79 Å². The van der Waals surface area contributed by atoms with Crippen molar-refractivity contribution in [3.05, 3.63) is 53.6 Å². The van der Waals surface area contributed by atoms with Crippen LogP contribution in [0.3, 0.4) is 0 Å². The van der Waals surface area contributed by atoms with Gasteiger partial charge >= 0.3 is 0 Å². The molecule has 0 radical (unpaired) electrons. The average molecular weight is 259 g/mol. The number of aromatic hydroxyl groups is 2. The normalized spacial score (nSPS) is 10.2. The van der Waals surface area contributed by atoms with E-state index in [1.165, 1.54) is 12.1 Å². The third-order valence-corrected chi connectivity index (χ3v) is 2.81. The van der Waals surface area contributed by atoms with Crippen LogP contribution >= 0.6 is 0 Å². The van der Waals surface area contributed by atoms with Crippen LogP contribution in [0.5, 0.6) is 17.2 Å². The lowest BCUT2D eigenvalue weighted by Crippen LogP contribution is -2.03. The maximum absolute atomic E-state index is 12.0. The summed E-state index contributed by atoms with van der Waals surface area (Å²) in [6.45, 7) is 0. The highest BCUT2D eigenvalue weighted by Gasteiger charge is 2.12.